The minimum absolute atomic E-state index is 0.225. The van der Waals surface area contributed by atoms with Crippen LogP contribution in [0.15, 0.2) is 0 Å². The monoisotopic (exact) mass is 199 g/mol. The molecule has 4 heteroatoms. The molecule has 0 atom stereocenters. The van der Waals surface area contributed by atoms with Gasteiger partial charge in [-0.3, -0.25) is 9.69 Å². The average Bonchev–Trinajstić information content (AvgIpc) is 2.15. The first kappa shape index (κ1) is 11.5. The van der Waals surface area contributed by atoms with E-state index in [-0.39, 0.29) is 5.91 Å². The minimum Gasteiger partial charge on any atom is -0.369 e. The molecule has 0 bridgehead atoms. The summed E-state index contributed by atoms with van der Waals surface area (Å²) in [6, 6.07) is 0.911. The van der Waals surface area contributed by atoms with E-state index in [1.807, 2.05) is 0 Å². The molecule has 0 aliphatic carbocycles. The quantitative estimate of drug-likeness (QED) is 0.666. The molecular weight excluding hydrogens is 178 g/mol. The van der Waals surface area contributed by atoms with E-state index in [0.717, 1.165) is 25.9 Å². The first-order valence-electron chi connectivity index (χ1n) is 5.36. The van der Waals surface area contributed by atoms with Crippen LogP contribution in [-0.4, -0.2) is 42.5 Å². The Hall–Kier alpha value is -0.610. The first-order chi connectivity index (χ1) is 6.61. The van der Waals surface area contributed by atoms with Crippen LogP contribution in [0.2, 0.25) is 0 Å². The lowest BCUT2D eigenvalue weighted by Crippen LogP contribution is -2.49. The van der Waals surface area contributed by atoms with Gasteiger partial charge >= 0.3 is 0 Å². The number of nitrogens with two attached hydrogens (primary N) is 1. The van der Waals surface area contributed by atoms with Gasteiger partial charge in [0.05, 0.1) is 6.54 Å². The highest BCUT2D eigenvalue weighted by Gasteiger charge is 2.23. The van der Waals surface area contributed by atoms with Crippen LogP contribution in [0.25, 0.3) is 0 Å². The van der Waals surface area contributed by atoms with E-state index in [1.165, 1.54) is 0 Å². The summed E-state index contributed by atoms with van der Waals surface area (Å²) in [6.07, 6.45) is 2.23. The van der Waals surface area contributed by atoms with Crippen molar-refractivity contribution in [2.75, 3.05) is 19.6 Å². The number of hydrogen-bond donors (Lipinski definition) is 2. The number of amides is 1. The molecule has 0 aromatic carbocycles. The fourth-order valence-corrected chi connectivity index (χ4v) is 2.05. The lowest BCUT2D eigenvalue weighted by atomic mass is 10.0. The summed E-state index contributed by atoms with van der Waals surface area (Å²) in [5.41, 5.74) is 5.24. The Morgan fingerprint density at radius 3 is 2.50 bits per heavy atom. The number of primary amides is 1. The maximum atomic E-state index is 10.9. The lowest BCUT2D eigenvalue weighted by Gasteiger charge is -2.36. The maximum absolute atomic E-state index is 10.9. The largest absolute Gasteiger partial charge is 0.369 e. The van der Waals surface area contributed by atoms with E-state index >= 15 is 0 Å². The fraction of sp³-hybridized carbons (Fsp3) is 0.900. The normalized spacial score (nSPS) is 19.1. The molecule has 0 aromatic rings. The molecule has 1 aliphatic heterocycles. The summed E-state index contributed by atoms with van der Waals surface area (Å²) in [5, 5.41) is 3.32. The summed E-state index contributed by atoms with van der Waals surface area (Å²) in [7, 11) is 0. The highest BCUT2D eigenvalue weighted by Crippen LogP contribution is 2.14. The van der Waals surface area contributed by atoms with Crippen molar-refractivity contribution in [1.82, 2.24) is 10.2 Å². The Morgan fingerprint density at radius 2 is 2.07 bits per heavy atom. The number of hydrogen-bond acceptors (Lipinski definition) is 3. The van der Waals surface area contributed by atoms with Gasteiger partial charge < -0.3 is 11.1 Å². The van der Waals surface area contributed by atoms with Crippen LogP contribution in [0.5, 0.6) is 0 Å². The molecule has 1 heterocycles. The molecule has 4 nitrogen and oxygen atoms in total. The molecule has 3 N–H and O–H groups in total. The topological polar surface area (TPSA) is 58.4 Å². The van der Waals surface area contributed by atoms with Crippen LogP contribution in [0, 0.1) is 0 Å². The summed E-state index contributed by atoms with van der Waals surface area (Å²) < 4.78 is 0. The third kappa shape index (κ3) is 3.27. The molecular formula is C10H21N3O. The van der Waals surface area contributed by atoms with Crippen molar-refractivity contribution in [2.45, 2.75) is 38.8 Å². The zero-order chi connectivity index (χ0) is 10.6. The standard InChI is InChI=1S/C10H21N3O/c1-8(2)13(7-10(11)14)9-3-5-12-6-4-9/h8-9,12H,3-7H2,1-2H3,(H2,11,14). The Balaban J connectivity index is 2.51. The van der Waals surface area contributed by atoms with E-state index in [0.29, 0.717) is 18.6 Å². The fourth-order valence-electron chi connectivity index (χ4n) is 2.05. The van der Waals surface area contributed by atoms with Gasteiger partial charge in [-0.05, 0) is 39.8 Å². The van der Waals surface area contributed by atoms with Crippen LogP contribution < -0.4 is 11.1 Å². The third-order valence-electron chi connectivity index (χ3n) is 2.78. The van der Waals surface area contributed by atoms with Crippen molar-refractivity contribution < 1.29 is 4.79 Å². The van der Waals surface area contributed by atoms with Gasteiger partial charge in [0.25, 0.3) is 0 Å². The summed E-state index contributed by atoms with van der Waals surface area (Å²) >= 11 is 0. The number of piperidine rings is 1. The number of carbonyl (C=O) groups is 1. The Labute approximate surface area is 85.8 Å². The van der Waals surface area contributed by atoms with Crippen molar-refractivity contribution in [3.63, 3.8) is 0 Å². The van der Waals surface area contributed by atoms with Crippen molar-refractivity contribution in [3.8, 4) is 0 Å². The first-order valence-corrected chi connectivity index (χ1v) is 5.36. The summed E-state index contributed by atoms with van der Waals surface area (Å²) in [6.45, 7) is 6.72. The van der Waals surface area contributed by atoms with Crippen molar-refractivity contribution in [1.29, 1.82) is 0 Å². The van der Waals surface area contributed by atoms with Crippen molar-refractivity contribution in [2.24, 2.45) is 5.73 Å². The van der Waals surface area contributed by atoms with Gasteiger partial charge in [0, 0.05) is 12.1 Å². The van der Waals surface area contributed by atoms with Crippen molar-refractivity contribution in [3.05, 3.63) is 0 Å². The van der Waals surface area contributed by atoms with Crippen LogP contribution in [0.1, 0.15) is 26.7 Å². The van der Waals surface area contributed by atoms with Gasteiger partial charge in [-0.15, -0.1) is 0 Å². The van der Waals surface area contributed by atoms with E-state index in [9.17, 15) is 4.79 Å². The second-order valence-corrected chi connectivity index (χ2v) is 4.21. The molecule has 0 unspecified atom stereocenters. The molecule has 14 heavy (non-hydrogen) atoms. The highest BCUT2D eigenvalue weighted by atomic mass is 16.1. The summed E-state index contributed by atoms with van der Waals surface area (Å²) in [4.78, 5) is 13.1. The van der Waals surface area contributed by atoms with E-state index in [2.05, 4.69) is 24.1 Å². The van der Waals surface area contributed by atoms with Gasteiger partial charge in [0.2, 0.25) is 5.91 Å². The zero-order valence-corrected chi connectivity index (χ0v) is 9.12. The molecule has 1 aliphatic rings. The van der Waals surface area contributed by atoms with E-state index in [1.54, 1.807) is 0 Å². The smallest absolute Gasteiger partial charge is 0.231 e. The SMILES string of the molecule is CC(C)N(CC(N)=O)C1CCNCC1. The van der Waals surface area contributed by atoms with Crippen LogP contribution in [0.3, 0.4) is 0 Å². The number of nitrogens with one attached hydrogen (secondary N) is 1. The second kappa shape index (κ2) is 5.32. The second-order valence-electron chi connectivity index (χ2n) is 4.21. The molecule has 0 radical (unpaired) electrons. The molecule has 0 saturated carbocycles. The Morgan fingerprint density at radius 1 is 1.50 bits per heavy atom. The predicted octanol–water partition coefficient (Wildman–Crippen LogP) is -0.0659. The van der Waals surface area contributed by atoms with Crippen molar-refractivity contribution >= 4 is 5.91 Å². The molecule has 0 spiro atoms. The van der Waals surface area contributed by atoms with Crippen LogP contribution in [0.4, 0.5) is 0 Å². The predicted molar refractivity (Wildman–Crippen MR) is 56.9 cm³/mol. The van der Waals surface area contributed by atoms with Crippen LogP contribution in [-0.2, 0) is 4.79 Å². The molecule has 1 rings (SSSR count). The highest BCUT2D eigenvalue weighted by molar-refractivity contribution is 5.76. The number of nitrogens with zero attached hydrogens (tertiary/aromatic N) is 1. The minimum atomic E-state index is -0.225. The Kier molecular flexibility index (Phi) is 4.35. The van der Waals surface area contributed by atoms with Gasteiger partial charge in [0.15, 0.2) is 0 Å². The van der Waals surface area contributed by atoms with Gasteiger partial charge in [0.1, 0.15) is 0 Å². The van der Waals surface area contributed by atoms with Gasteiger partial charge in [-0.2, -0.15) is 0 Å². The van der Waals surface area contributed by atoms with E-state index < -0.39 is 0 Å². The average molecular weight is 199 g/mol. The van der Waals surface area contributed by atoms with Gasteiger partial charge in [-0.1, -0.05) is 0 Å². The van der Waals surface area contributed by atoms with E-state index in [4.69, 9.17) is 5.73 Å². The van der Waals surface area contributed by atoms with Gasteiger partial charge in [-0.25, -0.2) is 0 Å². The molecule has 1 fully saturated rings. The molecule has 82 valence electrons. The lowest BCUT2D eigenvalue weighted by molar-refractivity contribution is -0.120. The van der Waals surface area contributed by atoms with Crippen LogP contribution >= 0.6 is 0 Å². The zero-order valence-electron chi connectivity index (χ0n) is 9.12. The third-order valence-corrected chi connectivity index (χ3v) is 2.78. The molecule has 1 saturated heterocycles. The molecule has 0 aromatic heterocycles. The number of rotatable bonds is 4. The molecule has 1 amide bonds. The maximum Gasteiger partial charge on any atom is 0.231 e. The summed E-state index contributed by atoms with van der Waals surface area (Å²) in [5.74, 6) is -0.225. The Bertz CT molecular complexity index is 188. The number of carbonyl (C=O) groups excluding carboxylic acids is 1.